The van der Waals surface area contributed by atoms with E-state index >= 15 is 0 Å². The Bertz CT molecular complexity index is 421. The Morgan fingerprint density at radius 2 is 1.82 bits per heavy atom. The first kappa shape index (κ1) is 12.1. The molecule has 1 aliphatic rings. The maximum Gasteiger partial charge on any atom is 0.253 e. The minimum atomic E-state index is -1.10. The van der Waals surface area contributed by atoms with Crippen molar-refractivity contribution in [2.75, 3.05) is 13.1 Å². The van der Waals surface area contributed by atoms with Crippen molar-refractivity contribution < 1.29 is 13.6 Å². The monoisotopic (exact) mass is 235 g/mol. The van der Waals surface area contributed by atoms with Gasteiger partial charge in [0, 0.05) is 18.7 Å². The first-order valence-corrected chi connectivity index (χ1v) is 5.63. The number of nitrogens with zero attached hydrogens (tertiary/aromatic N) is 1. The van der Waals surface area contributed by atoms with Crippen LogP contribution >= 0.6 is 0 Å². The van der Waals surface area contributed by atoms with Crippen LogP contribution in [-0.4, -0.2) is 31.7 Å². The highest BCUT2D eigenvalue weighted by Crippen LogP contribution is 2.14. The van der Waals surface area contributed by atoms with Crippen LogP contribution in [0.3, 0.4) is 0 Å². The van der Waals surface area contributed by atoms with Crippen molar-refractivity contribution in [2.24, 2.45) is 0 Å². The van der Waals surface area contributed by atoms with Crippen molar-refractivity contribution in [2.45, 2.75) is 19.3 Å². The number of likely N-dealkylation sites (tertiary alicyclic amines) is 1. The highest BCUT2D eigenvalue weighted by molar-refractivity contribution is 6.32. The van der Waals surface area contributed by atoms with Gasteiger partial charge in [-0.15, -0.1) is 0 Å². The maximum absolute atomic E-state index is 13.1. The number of benzene rings is 1. The SMILES string of the molecule is [B]c1cc(C(=O)N2CCCCC2)cc(F)c1F. The van der Waals surface area contributed by atoms with Gasteiger partial charge in [0.25, 0.3) is 5.91 Å². The number of carbonyl (C=O) groups is 1. The van der Waals surface area contributed by atoms with E-state index in [4.69, 9.17) is 7.85 Å². The largest absolute Gasteiger partial charge is 0.339 e. The molecule has 0 saturated carbocycles. The lowest BCUT2D eigenvalue weighted by molar-refractivity contribution is 0.0724. The molecule has 0 aliphatic carbocycles. The highest BCUT2D eigenvalue weighted by atomic mass is 19.2. The molecule has 5 heteroatoms. The van der Waals surface area contributed by atoms with Gasteiger partial charge in [-0.05, 0) is 25.3 Å². The zero-order valence-electron chi connectivity index (χ0n) is 9.38. The Morgan fingerprint density at radius 3 is 2.41 bits per heavy atom. The average molecular weight is 235 g/mol. The van der Waals surface area contributed by atoms with Gasteiger partial charge in [-0.1, -0.05) is 11.5 Å². The number of rotatable bonds is 1. The van der Waals surface area contributed by atoms with Crippen molar-refractivity contribution in [3.8, 4) is 0 Å². The molecule has 1 saturated heterocycles. The Morgan fingerprint density at radius 1 is 1.18 bits per heavy atom. The molecule has 0 N–H and O–H groups in total. The fourth-order valence-electron chi connectivity index (χ4n) is 2.01. The summed E-state index contributed by atoms with van der Waals surface area (Å²) in [5, 5.41) is 0. The fraction of sp³-hybridized carbons (Fsp3) is 0.417. The molecular formula is C12H12BF2NO. The smallest absolute Gasteiger partial charge is 0.253 e. The maximum atomic E-state index is 13.1. The van der Waals surface area contributed by atoms with Crippen molar-refractivity contribution in [3.05, 3.63) is 29.3 Å². The van der Waals surface area contributed by atoms with E-state index in [9.17, 15) is 13.6 Å². The molecule has 0 unspecified atom stereocenters. The van der Waals surface area contributed by atoms with Crippen LogP contribution in [0.15, 0.2) is 12.1 Å². The minimum absolute atomic E-state index is 0.114. The molecule has 88 valence electrons. The zero-order valence-corrected chi connectivity index (χ0v) is 9.38. The summed E-state index contributed by atoms with van der Waals surface area (Å²) >= 11 is 0. The first-order valence-electron chi connectivity index (χ1n) is 5.63. The van der Waals surface area contributed by atoms with E-state index in [0.29, 0.717) is 13.1 Å². The van der Waals surface area contributed by atoms with E-state index in [1.165, 1.54) is 6.07 Å². The third kappa shape index (κ3) is 2.48. The predicted octanol–water partition coefficient (Wildman–Crippen LogP) is 1.38. The van der Waals surface area contributed by atoms with Crippen LogP contribution < -0.4 is 5.46 Å². The van der Waals surface area contributed by atoms with Crippen molar-refractivity contribution >= 4 is 19.2 Å². The number of carbonyl (C=O) groups excluding carboxylic acids is 1. The van der Waals surface area contributed by atoms with Crippen LogP contribution in [0.5, 0.6) is 0 Å². The molecule has 0 spiro atoms. The van der Waals surface area contributed by atoms with Crippen LogP contribution in [0.25, 0.3) is 0 Å². The Balaban J connectivity index is 2.24. The van der Waals surface area contributed by atoms with E-state index in [-0.39, 0.29) is 16.9 Å². The molecule has 1 aromatic carbocycles. The second-order valence-electron chi connectivity index (χ2n) is 4.21. The number of halogens is 2. The van der Waals surface area contributed by atoms with Crippen molar-refractivity contribution in [1.29, 1.82) is 0 Å². The van der Waals surface area contributed by atoms with Crippen LogP contribution in [0.4, 0.5) is 8.78 Å². The van der Waals surface area contributed by atoms with Crippen molar-refractivity contribution in [3.63, 3.8) is 0 Å². The second-order valence-corrected chi connectivity index (χ2v) is 4.21. The Hall–Kier alpha value is -1.39. The summed E-state index contributed by atoms with van der Waals surface area (Å²) in [4.78, 5) is 13.6. The summed E-state index contributed by atoms with van der Waals surface area (Å²) in [6.07, 6.45) is 3.00. The van der Waals surface area contributed by atoms with Gasteiger partial charge >= 0.3 is 0 Å². The topological polar surface area (TPSA) is 20.3 Å². The van der Waals surface area contributed by atoms with Gasteiger partial charge in [0.1, 0.15) is 7.85 Å². The van der Waals surface area contributed by atoms with E-state index in [2.05, 4.69) is 0 Å². The summed E-state index contributed by atoms with van der Waals surface area (Å²) in [5.41, 5.74) is -0.214. The minimum Gasteiger partial charge on any atom is -0.339 e. The summed E-state index contributed by atoms with van der Waals surface area (Å²) in [6.45, 7) is 1.33. The van der Waals surface area contributed by atoms with Crippen LogP contribution in [-0.2, 0) is 0 Å². The molecule has 1 aromatic rings. The van der Waals surface area contributed by atoms with E-state index in [0.717, 1.165) is 25.3 Å². The van der Waals surface area contributed by atoms with Gasteiger partial charge in [-0.2, -0.15) is 0 Å². The third-order valence-electron chi connectivity index (χ3n) is 2.95. The van der Waals surface area contributed by atoms with Gasteiger partial charge in [0.15, 0.2) is 11.6 Å². The number of piperidine rings is 1. The number of hydrogen-bond donors (Lipinski definition) is 0. The quantitative estimate of drug-likeness (QED) is 0.673. The molecule has 0 bridgehead atoms. The van der Waals surface area contributed by atoms with E-state index in [1.807, 2.05) is 0 Å². The second kappa shape index (κ2) is 4.86. The van der Waals surface area contributed by atoms with E-state index in [1.54, 1.807) is 4.90 Å². The standard InChI is InChI=1S/C12H12BF2NO/c13-9-6-8(7-10(14)11(9)15)12(17)16-4-2-1-3-5-16/h6-7H,1-5H2. The lowest BCUT2D eigenvalue weighted by Crippen LogP contribution is -2.36. The Kier molecular flexibility index (Phi) is 3.45. The summed E-state index contributed by atoms with van der Waals surface area (Å²) < 4.78 is 26.1. The molecule has 1 amide bonds. The molecule has 2 nitrogen and oxygen atoms in total. The summed E-state index contributed by atoms with van der Waals surface area (Å²) in [6, 6.07) is 2.10. The zero-order chi connectivity index (χ0) is 12.4. The van der Waals surface area contributed by atoms with Gasteiger partial charge in [0.2, 0.25) is 0 Å². The predicted molar refractivity (Wildman–Crippen MR) is 61.5 cm³/mol. The highest BCUT2D eigenvalue weighted by Gasteiger charge is 2.20. The molecule has 2 radical (unpaired) electrons. The van der Waals surface area contributed by atoms with Gasteiger partial charge in [-0.3, -0.25) is 4.79 Å². The Labute approximate surface area is 100 Å². The van der Waals surface area contributed by atoms with Crippen LogP contribution in [0, 0.1) is 11.6 Å². The van der Waals surface area contributed by atoms with Gasteiger partial charge in [-0.25, -0.2) is 8.78 Å². The van der Waals surface area contributed by atoms with Crippen molar-refractivity contribution in [1.82, 2.24) is 4.90 Å². The summed E-state index contributed by atoms with van der Waals surface area (Å²) in [5.74, 6) is -2.46. The molecule has 1 heterocycles. The lowest BCUT2D eigenvalue weighted by atomic mass is 9.93. The van der Waals surface area contributed by atoms with Gasteiger partial charge < -0.3 is 4.90 Å². The average Bonchev–Trinajstić information content (AvgIpc) is 2.35. The van der Waals surface area contributed by atoms with Gasteiger partial charge in [0.05, 0.1) is 0 Å². The van der Waals surface area contributed by atoms with E-state index < -0.39 is 11.6 Å². The lowest BCUT2D eigenvalue weighted by Gasteiger charge is -2.26. The molecule has 17 heavy (non-hydrogen) atoms. The molecule has 0 aromatic heterocycles. The molecule has 2 rings (SSSR count). The fourth-order valence-corrected chi connectivity index (χ4v) is 2.01. The van der Waals surface area contributed by atoms with Crippen LogP contribution in [0.1, 0.15) is 29.6 Å². The number of amides is 1. The molecule has 1 aliphatic heterocycles. The molecule has 0 atom stereocenters. The number of hydrogen-bond acceptors (Lipinski definition) is 1. The third-order valence-corrected chi connectivity index (χ3v) is 2.95. The summed E-state index contributed by atoms with van der Waals surface area (Å²) in [7, 11) is 5.30. The van der Waals surface area contributed by atoms with Crippen LogP contribution in [0.2, 0.25) is 0 Å². The molecular weight excluding hydrogens is 223 g/mol. The first-order chi connectivity index (χ1) is 8.09. The normalized spacial score (nSPS) is 16.0. The molecule has 1 fully saturated rings.